The molecule has 1 rings (SSSR count). The number of rotatable bonds is 15. The van der Waals surface area contributed by atoms with Crippen molar-refractivity contribution < 1.29 is 19.2 Å². The van der Waals surface area contributed by atoms with E-state index in [0.29, 0.717) is 11.5 Å². The minimum Gasteiger partial charge on any atom is -0.330 e. The first-order valence-electron chi connectivity index (χ1n) is 10.8. The van der Waals surface area contributed by atoms with Crippen molar-refractivity contribution in [2.75, 3.05) is 0 Å². The van der Waals surface area contributed by atoms with E-state index in [0.717, 1.165) is 25.7 Å². The molecule has 160 valence electrons. The highest BCUT2D eigenvalue weighted by atomic mass is 16.7. The molecule has 1 saturated heterocycles. The molecule has 0 atom stereocenters. The molecular weight excluding hydrogens is 366 g/mol. The molecule has 0 N–H and O–H groups in total. The molecule has 0 spiro atoms. The number of hydrogen-bond acceptors (Lipinski definition) is 4. The van der Waals surface area contributed by atoms with E-state index in [2.05, 4.69) is 49.5 Å². The Morgan fingerprint density at radius 1 is 0.793 bits per heavy atom. The summed E-state index contributed by atoms with van der Waals surface area (Å²) in [7, 11) is 0. The molecule has 0 radical (unpaired) electrons. The number of hydroxylamine groups is 2. The van der Waals surface area contributed by atoms with Crippen LogP contribution in [0.3, 0.4) is 0 Å². The van der Waals surface area contributed by atoms with Crippen molar-refractivity contribution in [3.8, 4) is 0 Å². The fourth-order valence-corrected chi connectivity index (χ4v) is 2.73. The third-order valence-electron chi connectivity index (χ3n) is 4.41. The first-order chi connectivity index (χ1) is 14.1. The normalized spacial score (nSPS) is 15.1. The maximum absolute atomic E-state index is 11.6. The van der Waals surface area contributed by atoms with Gasteiger partial charge in [-0.3, -0.25) is 9.59 Å². The van der Waals surface area contributed by atoms with Gasteiger partial charge in [0.1, 0.15) is 0 Å². The fraction of sp³-hybridized carbons (Fsp3) is 0.542. The molecule has 0 aromatic rings. The van der Waals surface area contributed by atoms with Gasteiger partial charge in [-0.2, -0.15) is 0 Å². The van der Waals surface area contributed by atoms with Crippen molar-refractivity contribution in [3.63, 3.8) is 0 Å². The van der Waals surface area contributed by atoms with E-state index in [-0.39, 0.29) is 19.3 Å². The van der Waals surface area contributed by atoms with Gasteiger partial charge in [-0.1, -0.05) is 68.4 Å². The van der Waals surface area contributed by atoms with Crippen LogP contribution in [0, 0.1) is 0 Å². The van der Waals surface area contributed by atoms with Gasteiger partial charge in [-0.05, 0) is 44.9 Å². The molecule has 0 aromatic heterocycles. The minimum absolute atomic E-state index is 0.119. The van der Waals surface area contributed by atoms with E-state index in [9.17, 15) is 14.4 Å². The number of unbranched alkanes of at least 4 members (excludes halogenated alkanes) is 4. The Hall–Kier alpha value is -2.43. The van der Waals surface area contributed by atoms with Crippen LogP contribution in [-0.4, -0.2) is 22.8 Å². The van der Waals surface area contributed by atoms with Crippen LogP contribution in [-0.2, 0) is 19.2 Å². The second-order valence-electron chi connectivity index (χ2n) is 7.03. The van der Waals surface area contributed by atoms with Crippen molar-refractivity contribution in [1.29, 1.82) is 0 Å². The Labute approximate surface area is 175 Å². The zero-order valence-corrected chi connectivity index (χ0v) is 17.7. The average Bonchev–Trinajstić information content (AvgIpc) is 3.02. The lowest BCUT2D eigenvalue weighted by atomic mass is 10.2. The summed E-state index contributed by atoms with van der Waals surface area (Å²) in [4.78, 5) is 39.2. The number of allylic oxidation sites excluding steroid dienone is 8. The lowest BCUT2D eigenvalue weighted by molar-refractivity contribution is -0.197. The number of carbonyl (C=O) groups excluding carboxylic acids is 3. The Balaban J connectivity index is 1.98. The van der Waals surface area contributed by atoms with Crippen molar-refractivity contribution in [3.05, 3.63) is 48.6 Å². The van der Waals surface area contributed by atoms with E-state index >= 15 is 0 Å². The van der Waals surface area contributed by atoms with Crippen LogP contribution in [0.15, 0.2) is 48.6 Å². The first-order valence-corrected chi connectivity index (χ1v) is 10.8. The molecule has 29 heavy (non-hydrogen) atoms. The average molecular weight is 402 g/mol. The van der Waals surface area contributed by atoms with E-state index in [4.69, 9.17) is 4.84 Å². The number of imide groups is 1. The molecule has 5 heteroatoms. The van der Waals surface area contributed by atoms with Crippen LogP contribution in [0.25, 0.3) is 0 Å². The summed E-state index contributed by atoms with van der Waals surface area (Å²) < 4.78 is 0. The summed E-state index contributed by atoms with van der Waals surface area (Å²) in [5.74, 6) is -1.42. The Morgan fingerprint density at radius 3 is 1.79 bits per heavy atom. The zero-order valence-electron chi connectivity index (χ0n) is 17.7. The topological polar surface area (TPSA) is 63.7 Å². The predicted octanol–water partition coefficient (Wildman–Crippen LogP) is 5.74. The maximum atomic E-state index is 11.6. The van der Waals surface area contributed by atoms with Gasteiger partial charge in [0.05, 0.1) is 0 Å². The van der Waals surface area contributed by atoms with Crippen molar-refractivity contribution in [2.24, 2.45) is 0 Å². The molecule has 0 aliphatic carbocycles. The Morgan fingerprint density at radius 2 is 1.28 bits per heavy atom. The Bertz CT molecular complexity index is 600. The zero-order chi connectivity index (χ0) is 21.2. The maximum Gasteiger partial charge on any atom is 0.333 e. The summed E-state index contributed by atoms with van der Waals surface area (Å²) in [6, 6.07) is 0. The summed E-state index contributed by atoms with van der Waals surface area (Å²) in [6.45, 7) is 2.22. The largest absolute Gasteiger partial charge is 0.333 e. The monoisotopic (exact) mass is 401 g/mol. The molecule has 0 aromatic carbocycles. The van der Waals surface area contributed by atoms with Gasteiger partial charge in [0, 0.05) is 19.3 Å². The minimum atomic E-state index is -0.538. The highest BCUT2D eigenvalue weighted by Crippen LogP contribution is 2.13. The van der Waals surface area contributed by atoms with Crippen LogP contribution in [0.5, 0.6) is 0 Å². The second kappa shape index (κ2) is 16.5. The molecule has 1 heterocycles. The molecule has 0 bridgehead atoms. The number of carbonyl (C=O) groups is 3. The number of amides is 2. The molecule has 1 aliphatic heterocycles. The summed E-state index contributed by atoms with van der Waals surface area (Å²) >= 11 is 0. The number of hydrogen-bond donors (Lipinski definition) is 0. The SMILES string of the molecule is CCCCC/C=C\C/C=C\C/C=C\C/C=C\CCCC(=O)ON1C(=O)CCC1=O. The number of nitrogens with zero attached hydrogens (tertiary/aromatic N) is 1. The predicted molar refractivity (Wildman–Crippen MR) is 116 cm³/mol. The van der Waals surface area contributed by atoms with Crippen LogP contribution in [0.1, 0.15) is 84.0 Å². The third-order valence-corrected chi connectivity index (χ3v) is 4.41. The van der Waals surface area contributed by atoms with E-state index in [1.165, 1.54) is 25.7 Å². The summed E-state index contributed by atoms with van der Waals surface area (Å²) in [5, 5.41) is 0.599. The second-order valence-corrected chi connectivity index (χ2v) is 7.03. The van der Waals surface area contributed by atoms with Crippen molar-refractivity contribution >= 4 is 17.8 Å². The van der Waals surface area contributed by atoms with Gasteiger partial charge in [-0.15, -0.1) is 5.06 Å². The van der Waals surface area contributed by atoms with E-state index < -0.39 is 17.8 Å². The molecular formula is C24H35NO4. The fourth-order valence-electron chi connectivity index (χ4n) is 2.73. The standard InChI is InChI=1S/C24H35NO4/c1-2-3-4-5-6-7-8-9-10-11-12-13-14-15-16-17-18-19-24(28)29-25-22(26)20-21-23(25)27/h6-7,9-10,12-13,15-16H,2-5,8,11,14,17-21H2,1H3/b7-6-,10-9-,13-12-,16-15-. The van der Waals surface area contributed by atoms with Gasteiger partial charge >= 0.3 is 5.97 Å². The van der Waals surface area contributed by atoms with Gasteiger partial charge in [0.25, 0.3) is 11.8 Å². The summed E-state index contributed by atoms with van der Waals surface area (Å²) in [6.07, 6.45) is 26.9. The molecule has 1 aliphatic rings. The molecule has 2 amide bonds. The highest BCUT2D eigenvalue weighted by Gasteiger charge is 2.32. The summed E-state index contributed by atoms with van der Waals surface area (Å²) in [5.41, 5.74) is 0. The Kier molecular flexibility index (Phi) is 14.0. The van der Waals surface area contributed by atoms with Crippen LogP contribution in [0.2, 0.25) is 0 Å². The van der Waals surface area contributed by atoms with Crippen LogP contribution in [0.4, 0.5) is 0 Å². The van der Waals surface area contributed by atoms with Gasteiger partial charge in [-0.25, -0.2) is 4.79 Å². The van der Waals surface area contributed by atoms with E-state index in [1.54, 1.807) is 0 Å². The smallest absolute Gasteiger partial charge is 0.330 e. The van der Waals surface area contributed by atoms with Gasteiger partial charge < -0.3 is 4.84 Å². The molecule has 1 fully saturated rings. The quantitative estimate of drug-likeness (QED) is 0.199. The highest BCUT2D eigenvalue weighted by molar-refractivity contribution is 6.01. The van der Waals surface area contributed by atoms with Gasteiger partial charge in [0.15, 0.2) is 0 Å². The van der Waals surface area contributed by atoms with Crippen molar-refractivity contribution in [2.45, 2.75) is 84.0 Å². The lowest BCUT2D eigenvalue weighted by Crippen LogP contribution is -2.31. The molecule has 0 saturated carbocycles. The van der Waals surface area contributed by atoms with Crippen molar-refractivity contribution in [1.82, 2.24) is 5.06 Å². The van der Waals surface area contributed by atoms with E-state index in [1.807, 2.05) is 6.08 Å². The molecule has 5 nitrogen and oxygen atoms in total. The first kappa shape index (κ1) is 24.6. The molecule has 0 unspecified atom stereocenters. The third kappa shape index (κ3) is 12.6. The van der Waals surface area contributed by atoms with Gasteiger partial charge in [0.2, 0.25) is 0 Å². The lowest BCUT2D eigenvalue weighted by Gasteiger charge is -2.11. The van der Waals surface area contributed by atoms with Crippen LogP contribution < -0.4 is 0 Å². The van der Waals surface area contributed by atoms with Crippen LogP contribution >= 0.6 is 0 Å².